The third-order valence-corrected chi connectivity index (χ3v) is 2.29. The predicted molar refractivity (Wildman–Crippen MR) is 63.8 cm³/mol. The highest BCUT2D eigenvalue weighted by molar-refractivity contribution is 5.70. The van der Waals surface area contributed by atoms with Crippen LogP contribution in [0.15, 0.2) is 34.7 Å². The van der Waals surface area contributed by atoms with Crippen LogP contribution in [0.3, 0.4) is 0 Å². The smallest absolute Gasteiger partial charge is 0.311 e. The van der Waals surface area contributed by atoms with Gasteiger partial charge in [-0.1, -0.05) is 0 Å². The molecule has 2 rings (SSSR count). The van der Waals surface area contributed by atoms with Crippen LogP contribution in [0.1, 0.15) is 10.6 Å². The molecule has 2 aromatic rings. The summed E-state index contributed by atoms with van der Waals surface area (Å²) in [5.74, 6) is 0.429. The monoisotopic (exact) mass is 263 g/mol. The summed E-state index contributed by atoms with van der Waals surface area (Å²) in [6, 6.07) is 6.87. The van der Waals surface area contributed by atoms with Gasteiger partial charge in [-0.05, 0) is 12.1 Å². The summed E-state index contributed by atoms with van der Waals surface area (Å²) in [6.45, 7) is 0. The van der Waals surface area contributed by atoms with Crippen molar-refractivity contribution in [3.63, 3.8) is 0 Å². The molecule has 0 aliphatic carbocycles. The summed E-state index contributed by atoms with van der Waals surface area (Å²) in [4.78, 5) is 20.8. The maximum Gasteiger partial charge on any atom is 0.311 e. The molecular weight excluding hydrogens is 254 g/mol. The summed E-state index contributed by atoms with van der Waals surface area (Å²) in [5.41, 5.74) is -0.232. The molecule has 0 atom stereocenters. The van der Waals surface area contributed by atoms with E-state index < -0.39 is 4.92 Å². The zero-order valence-electron chi connectivity index (χ0n) is 9.86. The molecule has 1 aromatic heterocycles. The first-order valence-electron chi connectivity index (χ1n) is 5.19. The minimum absolute atomic E-state index is 0.0153. The summed E-state index contributed by atoms with van der Waals surface area (Å²) in [6.07, 6.45) is 0.507. The molecule has 0 amide bonds. The van der Waals surface area contributed by atoms with Crippen molar-refractivity contribution < 1.29 is 23.6 Å². The van der Waals surface area contributed by atoms with Crippen LogP contribution in [0, 0.1) is 10.1 Å². The highest BCUT2D eigenvalue weighted by atomic mass is 16.6. The Labute approximate surface area is 107 Å². The van der Waals surface area contributed by atoms with Gasteiger partial charge >= 0.3 is 5.69 Å². The Morgan fingerprint density at radius 2 is 2.11 bits per heavy atom. The van der Waals surface area contributed by atoms with Gasteiger partial charge in [0, 0.05) is 18.2 Å². The molecule has 98 valence electrons. The molecule has 0 unspecified atom stereocenters. The molecule has 7 nitrogen and oxygen atoms in total. The molecule has 0 bridgehead atoms. The number of nitro benzene ring substituents is 1. The SMILES string of the molecule is COc1ccc([N+](=O)[O-])c(Oc2ccc(C=O)o2)c1. The van der Waals surface area contributed by atoms with Crippen molar-refractivity contribution in [2.45, 2.75) is 0 Å². The number of hydrogen-bond acceptors (Lipinski definition) is 6. The second kappa shape index (κ2) is 5.21. The first-order valence-corrected chi connectivity index (χ1v) is 5.19. The van der Waals surface area contributed by atoms with E-state index in [1.807, 2.05) is 0 Å². The fourth-order valence-corrected chi connectivity index (χ4v) is 1.41. The number of carbonyl (C=O) groups excluding carboxylic acids is 1. The van der Waals surface area contributed by atoms with Crippen LogP contribution < -0.4 is 9.47 Å². The van der Waals surface area contributed by atoms with Gasteiger partial charge in [-0.25, -0.2) is 0 Å². The van der Waals surface area contributed by atoms with Crippen molar-refractivity contribution in [3.8, 4) is 17.4 Å². The molecule has 1 heterocycles. The van der Waals surface area contributed by atoms with Crippen molar-refractivity contribution in [3.05, 3.63) is 46.2 Å². The standard InChI is InChI=1S/C12H9NO6/c1-17-8-2-4-10(13(15)16)11(6-8)19-12-5-3-9(7-14)18-12/h2-7H,1H3. The molecule has 0 spiro atoms. The van der Waals surface area contributed by atoms with Gasteiger partial charge in [0.25, 0.3) is 5.95 Å². The van der Waals surface area contributed by atoms with Crippen molar-refractivity contribution in [1.29, 1.82) is 0 Å². The van der Waals surface area contributed by atoms with E-state index in [-0.39, 0.29) is 23.1 Å². The van der Waals surface area contributed by atoms with Gasteiger partial charge in [-0.2, -0.15) is 0 Å². The second-order valence-electron chi connectivity index (χ2n) is 3.47. The van der Waals surface area contributed by atoms with E-state index in [2.05, 4.69) is 0 Å². The molecule has 7 heteroatoms. The van der Waals surface area contributed by atoms with Crippen LogP contribution in [0.4, 0.5) is 5.69 Å². The van der Waals surface area contributed by atoms with Crippen molar-refractivity contribution in [2.24, 2.45) is 0 Å². The van der Waals surface area contributed by atoms with E-state index in [0.717, 1.165) is 0 Å². The normalized spacial score (nSPS) is 9.95. The van der Waals surface area contributed by atoms with Gasteiger partial charge < -0.3 is 13.9 Å². The van der Waals surface area contributed by atoms with E-state index in [1.54, 1.807) is 0 Å². The van der Waals surface area contributed by atoms with Crippen molar-refractivity contribution >= 4 is 12.0 Å². The highest BCUT2D eigenvalue weighted by Crippen LogP contribution is 2.35. The third-order valence-electron chi connectivity index (χ3n) is 2.29. The number of hydrogen-bond donors (Lipinski definition) is 0. The average Bonchev–Trinajstić information content (AvgIpc) is 2.86. The fraction of sp³-hybridized carbons (Fsp3) is 0.0833. The van der Waals surface area contributed by atoms with Crippen molar-refractivity contribution in [2.75, 3.05) is 7.11 Å². The van der Waals surface area contributed by atoms with Crippen LogP contribution in [-0.2, 0) is 0 Å². The van der Waals surface area contributed by atoms with E-state index in [9.17, 15) is 14.9 Å². The van der Waals surface area contributed by atoms with Gasteiger partial charge in [0.05, 0.1) is 12.0 Å². The average molecular weight is 263 g/mol. The maximum atomic E-state index is 10.9. The number of ether oxygens (including phenoxy) is 2. The summed E-state index contributed by atoms with van der Waals surface area (Å²) in [5, 5.41) is 10.9. The minimum atomic E-state index is -0.585. The Morgan fingerprint density at radius 3 is 2.68 bits per heavy atom. The molecule has 0 saturated heterocycles. The van der Waals surface area contributed by atoms with E-state index in [4.69, 9.17) is 13.9 Å². The van der Waals surface area contributed by atoms with Gasteiger partial charge in [-0.3, -0.25) is 14.9 Å². The lowest BCUT2D eigenvalue weighted by Gasteiger charge is -2.05. The summed E-state index contributed by atoms with van der Waals surface area (Å²) in [7, 11) is 1.43. The number of rotatable bonds is 5. The zero-order chi connectivity index (χ0) is 13.8. The molecule has 1 aromatic carbocycles. The van der Waals surface area contributed by atoms with Gasteiger partial charge in [-0.15, -0.1) is 0 Å². The third kappa shape index (κ3) is 2.71. The lowest BCUT2D eigenvalue weighted by molar-refractivity contribution is -0.385. The first-order chi connectivity index (χ1) is 9.13. The molecular formula is C12H9NO6. The summed E-state index contributed by atoms with van der Waals surface area (Å²) < 4.78 is 15.2. The van der Waals surface area contributed by atoms with Gasteiger partial charge in [0.2, 0.25) is 5.75 Å². The molecule has 0 fully saturated rings. The minimum Gasteiger partial charge on any atom is -0.497 e. The van der Waals surface area contributed by atoms with E-state index in [1.165, 1.54) is 37.4 Å². The van der Waals surface area contributed by atoms with Gasteiger partial charge in [0.15, 0.2) is 12.0 Å². The largest absolute Gasteiger partial charge is 0.497 e. The maximum absolute atomic E-state index is 10.9. The molecule has 0 radical (unpaired) electrons. The molecule has 0 N–H and O–H groups in total. The Hall–Kier alpha value is -2.83. The number of methoxy groups -OCH3 is 1. The lowest BCUT2D eigenvalue weighted by Crippen LogP contribution is -1.94. The molecule has 0 saturated carbocycles. The number of benzene rings is 1. The van der Waals surface area contributed by atoms with Gasteiger partial charge in [0.1, 0.15) is 5.75 Å². The quantitative estimate of drug-likeness (QED) is 0.468. The Bertz CT molecular complexity index is 618. The number of nitrogens with zero attached hydrogens (tertiary/aromatic N) is 1. The Balaban J connectivity index is 2.36. The Kier molecular flexibility index (Phi) is 3.46. The van der Waals surface area contributed by atoms with Crippen LogP contribution in [0.5, 0.6) is 17.4 Å². The molecule has 0 aliphatic rings. The van der Waals surface area contributed by atoms with E-state index >= 15 is 0 Å². The topological polar surface area (TPSA) is 91.8 Å². The number of carbonyl (C=O) groups is 1. The zero-order valence-corrected chi connectivity index (χ0v) is 9.86. The van der Waals surface area contributed by atoms with Crippen LogP contribution in [0.2, 0.25) is 0 Å². The highest BCUT2D eigenvalue weighted by Gasteiger charge is 2.18. The lowest BCUT2D eigenvalue weighted by atomic mass is 10.3. The van der Waals surface area contributed by atoms with Crippen molar-refractivity contribution in [1.82, 2.24) is 0 Å². The predicted octanol–water partition coefficient (Wildman–Crippen LogP) is 2.80. The first kappa shape index (κ1) is 12.6. The Morgan fingerprint density at radius 1 is 1.32 bits per heavy atom. The van der Waals surface area contributed by atoms with E-state index in [0.29, 0.717) is 12.0 Å². The van der Waals surface area contributed by atoms with Crippen LogP contribution in [-0.4, -0.2) is 18.3 Å². The molecule has 19 heavy (non-hydrogen) atoms. The van der Waals surface area contributed by atoms with Crippen LogP contribution in [0.25, 0.3) is 0 Å². The molecule has 0 aliphatic heterocycles. The number of nitro groups is 1. The number of aldehydes is 1. The number of furan rings is 1. The second-order valence-corrected chi connectivity index (χ2v) is 3.47. The summed E-state index contributed by atoms with van der Waals surface area (Å²) >= 11 is 0. The fourth-order valence-electron chi connectivity index (χ4n) is 1.41. The van der Waals surface area contributed by atoms with Crippen LogP contribution >= 0.6 is 0 Å².